The van der Waals surface area contributed by atoms with E-state index in [2.05, 4.69) is 5.32 Å². The van der Waals surface area contributed by atoms with Crippen molar-refractivity contribution < 1.29 is 23.4 Å². The molecule has 0 saturated heterocycles. The van der Waals surface area contributed by atoms with Gasteiger partial charge in [0.1, 0.15) is 11.6 Å². The average Bonchev–Trinajstić information content (AvgIpc) is 3.03. The number of rotatable bonds is 6. The predicted molar refractivity (Wildman–Crippen MR) is 81.4 cm³/mol. The SMILES string of the molecule is O=C(NCCCOc1ccc(F)cc1)c1ccc2c(c1)OCO2. The fourth-order valence-corrected chi connectivity index (χ4v) is 2.13. The number of hydrogen-bond acceptors (Lipinski definition) is 4. The number of fused-ring (bicyclic) bond motifs is 1. The number of hydrogen-bond donors (Lipinski definition) is 1. The van der Waals surface area contributed by atoms with E-state index < -0.39 is 0 Å². The number of halogens is 1. The van der Waals surface area contributed by atoms with Crippen LogP contribution in [-0.2, 0) is 0 Å². The van der Waals surface area contributed by atoms with E-state index in [1.807, 2.05) is 0 Å². The number of carbonyl (C=O) groups is 1. The Morgan fingerprint density at radius 3 is 2.74 bits per heavy atom. The number of ether oxygens (including phenoxy) is 3. The van der Waals surface area contributed by atoms with Crippen LogP contribution in [0.4, 0.5) is 4.39 Å². The zero-order valence-electron chi connectivity index (χ0n) is 12.4. The van der Waals surface area contributed by atoms with Crippen molar-refractivity contribution in [3.63, 3.8) is 0 Å². The van der Waals surface area contributed by atoms with Gasteiger partial charge in [-0.25, -0.2) is 4.39 Å². The molecule has 0 atom stereocenters. The first-order chi connectivity index (χ1) is 11.2. The van der Waals surface area contributed by atoms with Gasteiger partial charge in [0.2, 0.25) is 6.79 Å². The van der Waals surface area contributed by atoms with Gasteiger partial charge in [0.25, 0.3) is 5.91 Å². The molecule has 3 rings (SSSR count). The quantitative estimate of drug-likeness (QED) is 0.832. The molecule has 6 heteroatoms. The van der Waals surface area contributed by atoms with Gasteiger partial charge in [0.05, 0.1) is 6.61 Å². The molecule has 23 heavy (non-hydrogen) atoms. The van der Waals surface area contributed by atoms with Gasteiger partial charge in [-0.2, -0.15) is 0 Å². The molecule has 1 aliphatic heterocycles. The Morgan fingerprint density at radius 2 is 1.91 bits per heavy atom. The van der Waals surface area contributed by atoms with E-state index in [4.69, 9.17) is 14.2 Å². The number of amides is 1. The highest BCUT2D eigenvalue weighted by atomic mass is 19.1. The van der Waals surface area contributed by atoms with Crippen molar-refractivity contribution in [3.8, 4) is 17.2 Å². The summed E-state index contributed by atoms with van der Waals surface area (Å²) in [5, 5.41) is 2.81. The molecule has 0 fully saturated rings. The second-order valence-electron chi connectivity index (χ2n) is 4.98. The van der Waals surface area contributed by atoms with E-state index in [9.17, 15) is 9.18 Å². The Hall–Kier alpha value is -2.76. The molecule has 1 heterocycles. The van der Waals surface area contributed by atoms with Gasteiger partial charge in [-0.05, 0) is 48.9 Å². The second-order valence-corrected chi connectivity index (χ2v) is 4.98. The lowest BCUT2D eigenvalue weighted by atomic mass is 10.2. The highest BCUT2D eigenvalue weighted by Gasteiger charge is 2.15. The van der Waals surface area contributed by atoms with Crippen LogP contribution < -0.4 is 19.5 Å². The zero-order valence-corrected chi connectivity index (χ0v) is 12.4. The number of nitrogens with one attached hydrogen (secondary N) is 1. The van der Waals surface area contributed by atoms with Crippen LogP contribution in [0.2, 0.25) is 0 Å². The third kappa shape index (κ3) is 3.91. The van der Waals surface area contributed by atoms with Gasteiger partial charge in [0.15, 0.2) is 11.5 Å². The lowest BCUT2D eigenvalue weighted by molar-refractivity contribution is 0.0951. The molecule has 120 valence electrons. The minimum atomic E-state index is -0.298. The van der Waals surface area contributed by atoms with Crippen LogP contribution in [0.1, 0.15) is 16.8 Å². The Morgan fingerprint density at radius 1 is 1.13 bits per heavy atom. The van der Waals surface area contributed by atoms with Crippen LogP contribution in [0.25, 0.3) is 0 Å². The number of benzene rings is 2. The van der Waals surface area contributed by atoms with E-state index in [-0.39, 0.29) is 18.5 Å². The van der Waals surface area contributed by atoms with Gasteiger partial charge in [-0.3, -0.25) is 4.79 Å². The molecule has 1 amide bonds. The first-order valence-corrected chi connectivity index (χ1v) is 7.28. The zero-order chi connectivity index (χ0) is 16.1. The maximum atomic E-state index is 12.7. The third-order valence-corrected chi connectivity index (χ3v) is 3.32. The second kappa shape index (κ2) is 7.00. The van der Waals surface area contributed by atoms with Crippen molar-refractivity contribution in [1.82, 2.24) is 5.32 Å². The monoisotopic (exact) mass is 317 g/mol. The van der Waals surface area contributed by atoms with Gasteiger partial charge >= 0.3 is 0 Å². The van der Waals surface area contributed by atoms with Crippen molar-refractivity contribution in [1.29, 1.82) is 0 Å². The highest BCUT2D eigenvalue weighted by molar-refractivity contribution is 5.94. The maximum absolute atomic E-state index is 12.7. The lowest BCUT2D eigenvalue weighted by Crippen LogP contribution is -2.25. The average molecular weight is 317 g/mol. The third-order valence-electron chi connectivity index (χ3n) is 3.32. The standard InChI is InChI=1S/C17H16FNO4/c18-13-3-5-14(6-4-13)21-9-1-8-19-17(20)12-2-7-15-16(10-12)23-11-22-15/h2-7,10H,1,8-9,11H2,(H,19,20). The summed E-state index contributed by atoms with van der Waals surface area (Å²) in [5.41, 5.74) is 0.522. The summed E-state index contributed by atoms with van der Waals surface area (Å²) in [6.07, 6.45) is 0.646. The molecule has 0 saturated carbocycles. The Kier molecular flexibility index (Phi) is 4.61. The predicted octanol–water partition coefficient (Wildman–Crippen LogP) is 2.75. The summed E-state index contributed by atoms with van der Waals surface area (Å²) in [4.78, 5) is 12.0. The largest absolute Gasteiger partial charge is 0.494 e. The fourth-order valence-electron chi connectivity index (χ4n) is 2.13. The van der Waals surface area contributed by atoms with E-state index in [1.165, 1.54) is 12.1 Å². The molecular formula is C17H16FNO4. The minimum absolute atomic E-state index is 0.176. The summed E-state index contributed by atoms with van der Waals surface area (Å²) < 4.78 is 28.6. The molecule has 1 N–H and O–H groups in total. The Balaban J connectivity index is 1.40. The van der Waals surface area contributed by atoms with Crippen LogP contribution in [0.15, 0.2) is 42.5 Å². The van der Waals surface area contributed by atoms with E-state index in [1.54, 1.807) is 30.3 Å². The topological polar surface area (TPSA) is 56.8 Å². The van der Waals surface area contributed by atoms with Crippen LogP contribution in [-0.4, -0.2) is 25.9 Å². The highest BCUT2D eigenvalue weighted by Crippen LogP contribution is 2.32. The first kappa shape index (κ1) is 15.1. The van der Waals surface area contributed by atoms with Crippen LogP contribution in [0.3, 0.4) is 0 Å². The Labute approximate surface area is 133 Å². The van der Waals surface area contributed by atoms with E-state index >= 15 is 0 Å². The lowest BCUT2D eigenvalue weighted by Gasteiger charge is -2.08. The summed E-state index contributed by atoms with van der Waals surface area (Å²) in [6, 6.07) is 10.9. The maximum Gasteiger partial charge on any atom is 0.251 e. The number of carbonyl (C=O) groups excluding carboxylic acids is 1. The normalized spacial score (nSPS) is 12.0. The van der Waals surface area contributed by atoms with Crippen molar-refractivity contribution >= 4 is 5.91 Å². The summed E-state index contributed by atoms with van der Waals surface area (Å²) in [5.74, 6) is 1.36. The van der Waals surface area contributed by atoms with Crippen molar-refractivity contribution in [2.75, 3.05) is 19.9 Å². The minimum Gasteiger partial charge on any atom is -0.494 e. The summed E-state index contributed by atoms with van der Waals surface area (Å²) in [6.45, 7) is 1.10. The van der Waals surface area contributed by atoms with Crippen molar-refractivity contribution in [2.24, 2.45) is 0 Å². The first-order valence-electron chi connectivity index (χ1n) is 7.28. The molecule has 0 radical (unpaired) electrons. The Bertz CT molecular complexity index is 687. The summed E-state index contributed by atoms with van der Waals surface area (Å²) in [7, 11) is 0. The van der Waals surface area contributed by atoms with Gasteiger partial charge in [0, 0.05) is 12.1 Å². The molecule has 0 aromatic heterocycles. The molecule has 2 aromatic rings. The van der Waals surface area contributed by atoms with Gasteiger partial charge < -0.3 is 19.5 Å². The van der Waals surface area contributed by atoms with Crippen LogP contribution in [0, 0.1) is 5.82 Å². The smallest absolute Gasteiger partial charge is 0.251 e. The molecule has 2 aromatic carbocycles. The van der Waals surface area contributed by atoms with Crippen molar-refractivity contribution in [3.05, 3.63) is 53.8 Å². The molecule has 5 nitrogen and oxygen atoms in total. The van der Waals surface area contributed by atoms with E-state index in [0.717, 1.165) is 0 Å². The van der Waals surface area contributed by atoms with Crippen LogP contribution in [0.5, 0.6) is 17.2 Å². The molecular weight excluding hydrogens is 301 g/mol. The van der Waals surface area contributed by atoms with Crippen LogP contribution >= 0.6 is 0 Å². The van der Waals surface area contributed by atoms with Gasteiger partial charge in [-0.15, -0.1) is 0 Å². The molecule has 0 unspecified atom stereocenters. The van der Waals surface area contributed by atoms with Gasteiger partial charge in [-0.1, -0.05) is 0 Å². The van der Waals surface area contributed by atoms with E-state index in [0.29, 0.717) is 42.4 Å². The molecule has 0 aliphatic carbocycles. The molecule has 0 bridgehead atoms. The fraction of sp³-hybridized carbons (Fsp3) is 0.235. The molecule has 0 spiro atoms. The van der Waals surface area contributed by atoms with Crippen molar-refractivity contribution in [2.45, 2.75) is 6.42 Å². The molecule has 1 aliphatic rings. The summed E-state index contributed by atoms with van der Waals surface area (Å²) >= 11 is 0.